The highest BCUT2D eigenvalue weighted by Crippen LogP contribution is 2.35. The molecular formula is C23H39N3O9. The van der Waals surface area contributed by atoms with Crippen molar-refractivity contribution in [2.45, 2.75) is 84.4 Å². The Labute approximate surface area is 206 Å². The molecule has 1 rings (SSSR count). The van der Waals surface area contributed by atoms with E-state index in [1.807, 2.05) is 0 Å². The number of piperidine rings is 1. The Morgan fingerprint density at radius 2 is 1.51 bits per heavy atom. The second-order valence-electron chi connectivity index (χ2n) is 10.9. The summed E-state index contributed by atoms with van der Waals surface area (Å²) in [5, 5.41) is 14.6. The summed E-state index contributed by atoms with van der Waals surface area (Å²) >= 11 is 0. The van der Waals surface area contributed by atoms with Gasteiger partial charge in [0.15, 0.2) is 0 Å². The number of alkyl carbamates (subject to hydrolysis) is 1. The van der Waals surface area contributed by atoms with Crippen molar-refractivity contribution in [3.8, 4) is 0 Å². The van der Waals surface area contributed by atoms with Crippen LogP contribution in [0.3, 0.4) is 0 Å². The highest BCUT2D eigenvalue weighted by Gasteiger charge is 2.50. The van der Waals surface area contributed by atoms with E-state index in [1.54, 1.807) is 46.4 Å². The molecule has 2 amide bonds. The summed E-state index contributed by atoms with van der Waals surface area (Å²) < 4.78 is 14.8. The third-order valence-electron chi connectivity index (χ3n) is 5.87. The van der Waals surface area contributed by atoms with Crippen LogP contribution < -0.4 is 5.32 Å². The molecule has 1 aliphatic rings. The van der Waals surface area contributed by atoms with Crippen LogP contribution in [0.2, 0.25) is 0 Å². The van der Waals surface area contributed by atoms with Gasteiger partial charge in [0, 0.05) is 42.7 Å². The van der Waals surface area contributed by atoms with Crippen LogP contribution in [0.25, 0.3) is 0 Å². The predicted octanol–water partition coefficient (Wildman–Crippen LogP) is 2.31. The Bertz CT molecular complexity index is 806. The van der Waals surface area contributed by atoms with Crippen molar-refractivity contribution >= 4 is 23.9 Å². The number of rotatable bonds is 8. The zero-order chi connectivity index (χ0) is 27.2. The molecule has 2 atom stereocenters. The van der Waals surface area contributed by atoms with Gasteiger partial charge in [-0.3, -0.25) is 19.7 Å². The van der Waals surface area contributed by atoms with Crippen molar-refractivity contribution in [2.75, 3.05) is 27.3 Å². The van der Waals surface area contributed by atoms with Crippen molar-refractivity contribution in [2.24, 2.45) is 11.3 Å². The molecule has 1 fully saturated rings. The average Bonchev–Trinajstić information content (AvgIpc) is 2.74. The lowest BCUT2D eigenvalue weighted by Crippen LogP contribution is -2.54. The summed E-state index contributed by atoms with van der Waals surface area (Å²) in [5.41, 5.74) is -2.95. The number of carbonyl (C=O) groups excluding carboxylic acids is 4. The fourth-order valence-corrected chi connectivity index (χ4v) is 4.04. The maximum absolute atomic E-state index is 12.6. The third-order valence-corrected chi connectivity index (χ3v) is 5.87. The minimum Gasteiger partial charge on any atom is -0.469 e. The fraction of sp³-hybridized carbons (Fsp3) is 0.826. The van der Waals surface area contributed by atoms with Gasteiger partial charge in [-0.1, -0.05) is 20.8 Å². The molecule has 12 nitrogen and oxygen atoms in total. The molecule has 1 N–H and O–H groups in total. The Balaban J connectivity index is 3.12. The molecule has 0 aliphatic carbocycles. The van der Waals surface area contributed by atoms with Gasteiger partial charge in [-0.2, -0.15) is 0 Å². The van der Waals surface area contributed by atoms with Crippen molar-refractivity contribution in [1.82, 2.24) is 10.2 Å². The average molecular weight is 502 g/mol. The summed E-state index contributed by atoms with van der Waals surface area (Å²) in [6.45, 7) is 10.6. The summed E-state index contributed by atoms with van der Waals surface area (Å²) in [6.07, 6.45) is -1.32. The molecular weight excluding hydrogens is 462 g/mol. The number of ether oxygens (including phenoxy) is 3. The van der Waals surface area contributed by atoms with Gasteiger partial charge < -0.3 is 24.4 Å². The summed E-state index contributed by atoms with van der Waals surface area (Å²) in [5.74, 6) is -2.77. The number of hydrogen-bond donors (Lipinski definition) is 1. The predicted molar refractivity (Wildman–Crippen MR) is 125 cm³/mol. The first-order chi connectivity index (χ1) is 16.0. The second kappa shape index (κ2) is 11.7. The first-order valence-electron chi connectivity index (χ1n) is 11.5. The van der Waals surface area contributed by atoms with Crippen LogP contribution in [0.4, 0.5) is 4.79 Å². The number of carbonyl (C=O) groups is 4. The molecule has 12 heteroatoms. The van der Waals surface area contributed by atoms with E-state index in [1.165, 1.54) is 0 Å². The van der Waals surface area contributed by atoms with Gasteiger partial charge in [0.1, 0.15) is 11.6 Å². The van der Waals surface area contributed by atoms with Crippen molar-refractivity contribution in [3.05, 3.63) is 10.1 Å². The Kier molecular flexibility index (Phi) is 10.0. The monoisotopic (exact) mass is 501 g/mol. The van der Waals surface area contributed by atoms with Crippen molar-refractivity contribution in [3.63, 3.8) is 0 Å². The van der Waals surface area contributed by atoms with Gasteiger partial charge in [0.05, 0.1) is 20.1 Å². The van der Waals surface area contributed by atoms with Crippen LogP contribution in [-0.4, -0.2) is 78.3 Å². The standard InChI is InChI=1S/C23H39N3O9/c1-21(2,3)19(29)25-11-9-23(10-12-25,26(31)32)14-15(17(27)33-7)13-16(18(28)34-8)24-20(30)35-22(4,5)6/h15-16H,9-14H2,1-8H3,(H,24,30)/t15?,16-/m0/s1. The highest BCUT2D eigenvalue weighted by atomic mass is 16.6. The molecule has 1 aliphatic heterocycles. The van der Waals surface area contributed by atoms with Crippen LogP contribution in [-0.2, 0) is 28.6 Å². The van der Waals surface area contributed by atoms with Crippen LogP contribution in [0.15, 0.2) is 0 Å². The molecule has 35 heavy (non-hydrogen) atoms. The van der Waals surface area contributed by atoms with Gasteiger partial charge in [-0.15, -0.1) is 0 Å². The van der Waals surface area contributed by atoms with E-state index in [2.05, 4.69) is 5.32 Å². The minimum absolute atomic E-state index is 0.0394. The number of amides is 2. The van der Waals surface area contributed by atoms with Crippen LogP contribution >= 0.6 is 0 Å². The molecule has 0 spiro atoms. The third kappa shape index (κ3) is 8.66. The zero-order valence-electron chi connectivity index (χ0n) is 22.0. The Morgan fingerprint density at radius 3 is 1.91 bits per heavy atom. The first kappa shape index (κ1) is 30.1. The normalized spacial score (nSPS) is 17.5. The molecule has 0 aromatic carbocycles. The van der Waals surface area contributed by atoms with Gasteiger partial charge >= 0.3 is 18.0 Å². The second-order valence-corrected chi connectivity index (χ2v) is 10.9. The lowest BCUT2D eigenvalue weighted by molar-refractivity contribution is -0.577. The van der Waals surface area contributed by atoms with Crippen LogP contribution in [0.1, 0.15) is 67.2 Å². The number of likely N-dealkylation sites (tertiary alicyclic amines) is 1. The Hall–Kier alpha value is -2.92. The van der Waals surface area contributed by atoms with Gasteiger partial charge in [-0.05, 0) is 27.2 Å². The van der Waals surface area contributed by atoms with Gasteiger partial charge in [0.25, 0.3) is 0 Å². The van der Waals surface area contributed by atoms with E-state index < -0.39 is 51.5 Å². The van der Waals surface area contributed by atoms with Crippen molar-refractivity contribution in [1.29, 1.82) is 0 Å². The van der Waals surface area contributed by atoms with Crippen LogP contribution in [0, 0.1) is 21.4 Å². The van der Waals surface area contributed by atoms with E-state index in [9.17, 15) is 29.3 Å². The van der Waals surface area contributed by atoms with E-state index >= 15 is 0 Å². The number of nitrogens with zero attached hydrogens (tertiary/aromatic N) is 2. The SMILES string of the molecule is COC(=O)C(C[C@H](NC(=O)OC(C)(C)C)C(=O)OC)CC1([N+](=O)[O-])CCN(C(=O)C(C)(C)C)CC1. The largest absolute Gasteiger partial charge is 0.469 e. The summed E-state index contributed by atoms with van der Waals surface area (Å²) in [7, 11) is 2.27. The molecule has 1 saturated heterocycles. The topological polar surface area (TPSA) is 154 Å². The summed E-state index contributed by atoms with van der Waals surface area (Å²) in [4.78, 5) is 63.2. The maximum Gasteiger partial charge on any atom is 0.408 e. The summed E-state index contributed by atoms with van der Waals surface area (Å²) in [6, 6.07) is -1.29. The molecule has 1 heterocycles. The van der Waals surface area contributed by atoms with Gasteiger partial charge in [0.2, 0.25) is 11.4 Å². The molecule has 0 aromatic rings. The molecule has 0 saturated carbocycles. The molecule has 0 radical (unpaired) electrons. The lowest BCUT2D eigenvalue weighted by atomic mass is 9.77. The smallest absolute Gasteiger partial charge is 0.408 e. The van der Waals surface area contributed by atoms with E-state index in [0.717, 1.165) is 14.2 Å². The highest BCUT2D eigenvalue weighted by molar-refractivity contribution is 5.83. The van der Waals surface area contributed by atoms with E-state index in [-0.39, 0.29) is 44.7 Å². The van der Waals surface area contributed by atoms with E-state index in [4.69, 9.17) is 14.2 Å². The van der Waals surface area contributed by atoms with Crippen LogP contribution in [0.5, 0.6) is 0 Å². The fourth-order valence-electron chi connectivity index (χ4n) is 4.04. The first-order valence-corrected chi connectivity index (χ1v) is 11.5. The number of esters is 2. The minimum atomic E-state index is -1.50. The molecule has 200 valence electrons. The number of nitrogens with one attached hydrogen (secondary N) is 1. The quantitative estimate of drug-likeness (QED) is 0.228. The number of hydrogen-bond acceptors (Lipinski definition) is 9. The van der Waals surface area contributed by atoms with Crippen molar-refractivity contribution < 1.29 is 38.3 Å². The molecule has 1 unspecified atom stereocenters. The molecule has 0 aromatic heterocycles. The van der Waals surface area contributed by atoms with E-state index in [0.29, 0.717) is 0 Å². The maximum atomic E-state index is 12.6. The number of nitro groups is 1. The lowest BCUT2D eigenvalue weighted by Gasteiger charge is -2.39. The Morgan fingerprint density at radius 1 is 1.00 bits per heavy atom. The zero-order valence-corrected chi connectivity index (χ0v) is 22.0. The molecule has 0 bridgehead atoms. The number of methoxy groups -OCH3 is 2. The van der Waals surface area contributed by atoms with Gasteiger partial charge in [-0.25, -0.2) is 9.59 Å².